The Hall–Kier alpha value is -4.29. The van der Waals surface area contributed by atoms with Gasteiger partial charge in [-0.15, -0.1) is 5.10 Å². The van der Waals surface area contributed by atoms with Crippen LogP contribution in [0.25, 0.3) is 0 Å². The van der Waals surface area contributed by atoms with Crippen molar-refractivity contribution in [1.82, 2.24) is 0 Å². The number of anilines is 2. The fourth-order valence-electron chi connectivity index (χ4n) is 4.30. The molecule has 0 N–H and O–H groups in total. The second-order valence-electron chi connectivity index (χ2n) is 8.55. The van der Waals surface area contributed by atoms with Crippen LogP contribution in [0.2, 0.25) is 5.02 Å². The zero-order valence-electron chi connectivity index (χ0n) is 20.5. The third-order valence-electron chi connectivity index (χ3n) is 6.10. The first-order valence-electron chi connectivity index (χ1n) is 11.9. The van der Waals surface area contributed by atoms with E-state index in [4.69, 9.17) is 26.2 Å². The number of para-hydroxylation sites is 1. The molecule has 37 heavy (non-hydrogen) atoms. The van der Waals surface area contributed by atoms with E-state index < -0.39 is 6.17 Å². The van der Waals surface area contributed by atoms with E-state index in [-0.39, 0.29) is 5.78 Å². The Morgan fingerprint density at radius 3 is 2.19 bits per heavy atom. The Labute approximate surface area is 221 Å². The van der Waals surface area contributed by atoms with Crippen molar-refractivity contribution in [1.29, 1.82) is 0 Å². The van der Waals surface area contributed by atoms with E-state index in [9.17, 15) is 4.79 Å². The van der Waals surface area contributed by atoms with E-state index in [1.165, 1.54) is 6.92 Å². The SMILES string of the molecule is COc1ccc(N2C(C(C)=O)=NN(c3ccc(Cl)cc3)C2c2ccccc2OCc2ccccc2)cc1. The fraction of sp³-hybridized carbons (Fsp3) is 0.133. The summed E-state index contributed by atoms with van der Waals surface area (Å²) in [5, 5.41) is 7.26. The fourth-order valence-corrected chi connectivity index (χ4v) is 4.43. The molecule has 0 saturated carbocycles. The van der Waals surface area contributed by atoms with E-state index in [2.05, 4.69) is 0 Å². The molecule has 0 spiro atoms. The van der Waals surface area contributed by atoms with Crippen molar-refractivity contribution < 1.29 is 14.3 Å². The first-order valence-corrected chi connectivity index (χ1v) is 12.3. The quantitative estimate of drug-likeness (QED) is 0.259. The number of hydrazone groups is 1. The molecule has 0 amide bonds. The highest BCUT2D eigenvalue weighted by Crippen LogP contribution is 2.42. The molecule has 1 aliphatic heterocycles. The first-order chi connectivity index (χ1) is 18.0. The van der Waals surface area contributed by atoms with Crippen LogP contribution in [0, 0.1) is 0 Å². The standard InChI is InChI=1S/C30H26ClN3O3/c1-21(35)29-32-34(25-14-12-23(31)13-15-25)30(33(29)24-16-18-26(36-2)19-17-24)27-10-6-7-11-28(27)37-20-22-8-4-3-5-9-22/h3-19,30H,20H2,1-2H3. The first kappa shape index (κ1) is 24.4. The number of ketones is 1. The molecule has 1 aliphatic rings. The smallest absolute Gasteiger partial charge is 0.198 e. The summed E-state index contributed by atoms with van der Waals surface area (Å²) in [7, 11) is 1.62. The average molecular weight is 512 g/mol. The van der Waals surface area contributed by atoms with Gasteiger partial charge in [-0.1, -0.05) is 60.1 Å². The highest BCUT2D eigenvalue weighted by atomic mass is 35.5. The predicted molar refractivity (Wildman–Crippen MR) is 147 cm³/mol. The topological polar surface area (TPSA) is 54.4 Å². The van der Waals surface area contributed by atoms with Crippen LogP contribution in [0.3, 0.4) is 0 Å². The van der Waals surface area contributed by atoms with E-state index >= 15 is 0 Å². The number of amidine groups is 1. The van der Waals surface area contributed by atoms with Crippen molar-refractivity contribution in [3.8, 4) is 11.5 Å². The van der Waals surface area contributed by atoms with E-state index in [0.717, 1.165) is 28.3 Å². The van der Waals surface area contributed by atoms with Gasteiger partial charge in [-0.25, -0.2) is 5.01 Å². The number of rotatable bonds is 8. The molecule has 4 aromatic carbocycles. The second kappa shape index (κ2) is 10.8. The van der Waals surface area contributed by atoms with Crippen molar-refractivity contribution in [2.75, 3.05) is 17.0 Å². The van der Waals surface area contributed by atoms with Crippen molar-refractivity contribution in [3.63, 3.8) is 0 Å². The lowest BCUT2D eigenvalue weighted by Gasteiger charge is -2.33. The summed E-state index contributed by atoms with van der Waals surface area (Å²) < 4.78 is 11.7. The van der Waals surface area contributed by atoms with Gasteiger partial charge in [-0.3, -0.25) is 9.69 Å². The van der Waals surface area contributed by atoms with Gasteiger partial charge >= 0.3 is 0 Å². The summed E-state index contributed by atoms with van der Waals surface area (Å²) in [6, 6.07) is 32.8. The highest BCUT2D eigenvalue weighted by molar-refractivity contribution is 6.44. The molecule has 186 valence electrons. The van der Waals surface area contributed by atoms with Crippen LogP contribution in [-0.2, 0) is 11.4 Å². The molecule has 5 rings (SSSR count). The second-order valence-corrected chi connectivity index (χ2v) is 8.99. The maximum Gasteiger partial charge on any atom is 0.198 e. The van der Waals surface area contributed by atoms with E-state index in [1.807, 2.05) is 113 Å². The number of carbonyl (C=O) groups excluding carboxylic acids is 1. The Bertz CT molecular complexity index is 1410. The van der Waals surface area contributed by atoms with Gasteiger partial charge in [0.1, 0.15) is 18.1 Å². The van der Waals surface area contributed by atoms with E-state index in [1.54, 1.807) is 7.11 Å². The molecule has 1 atom stereocenters. The van der Waals surface area contributed by atoms with Crippen LogP contribution in [0.5, 0.6) is 11.5 Å². The molecule has 6 nitrogen and oxygen atoms in total. The third kappa shape index (κ3) is 5.15. The molecular weight excluding hydrogens is 486 g/mol. The Balaban J connectivity index is 1.62. The molecule has 1 unspecified atom stereocenters. The number of hydrogen-bond donors (Lipinski definition) is 0. The number of ether oxygens (including phenoxy) is 2. The largest absolute Gasteiger partial charge is 0.497 e. The van der Waals surface area contributed by atoms with Crippen LogP contribution >= 0.6 is 11.6 Å². The summed E-state index contributed by atoms with van der Waals surface area (Å²) in [6.45, 7) is 1.93. The molecule has 0 radical (unpaired) electrons. The van der Waals surface area contributed by atoms with Gasteiger partial charge in [-0.2, -0.15) is 0 Å². The van der Waals surface area contributed by atoms with Crippen molar-refractivity contribution >= 4 is 34.6 Å². The lowest BCUT2D eigenvalue weighted by Crippen LogP contribution is -2.38. The normalized spacial score (nSPS) is 14.9. The summed E-state index contributed by atoms with van der Waals surface area (Å²) in [5.74, 6) is 1.60. The van der Waals surface area contributed by atoms with Crippen LogP contribution in [-0.4, -0.2) is 18.7 Å². The minimum absolute atomic E-state index is 0.153. The zero-order chi connectivity index (χ0) is 25.8. The van der Waals surface area contributed by atoms with Gasteiger partial charge in [0, 0.05) is 23.2 Å². The van der Waals surface area contributed by atoms with E-state index in [0.29, 0.717) is 23.2 Å². The summed E-state index contributed by atoms with van der Waals surface area (Å²) in [6.07, 6.45) is -0.486. The Morgan fingerprint density at radius 1 is 0.865 bits per heavy atom. The number of halogens is 1. The molecule has 1 heterocycles. The molecule has 0 aromatic heterocycles. The van der Waals surface area contributed by atoms with Crippen molar-refractivity contribution in [2.45, 2.75) is 19.7 Å². The number of methoxy groups -OCH3 is 1. The van der Waals surface area contributed by atoms with Gasteiger partial charge < -0.3 is 9.47 Å². The predicted octanol–water partition coefficient (Wildman–Crippen LogP) is 6.86. The number of benzene rings is 4. The summed E-state index contributed by atoms with van der Waals surface area (Å²) >= 11 is 6.18. The summed E-state index contributed by atoms with van der Waals surface area (Å²) in [4.78, 5) is 14.8. The lowest BCUT2D eigenvalue weighted by atomic mass is 10.1. The number of Topliss-reactive ketones (excluding diaryl/α,β-unsaturated/α-hetero) is 1. The van der Waals surface area contributed by atoms with Gasteiger partial charge in [0.2, 0.25) is 0 Å². The van der Waals surface area contributed by atoms with Gasteiger partial charge in [0.05, 0.1) is 12.8 Å². The molecule has 7 heteroatoms. The average Bonchev–Trinajstić information content (AvgIpc) is 3.34. The number of hydrogen-bond acceptors (Lipinski definition) is 6. The maximum absolute atomic E-state index is 12.9. The van der Waals surface area contributed by atoms with Crippen LogP contribution in [0.15, 0.2) is 108 Å². The third-order valence-corrected chi connectivity index (χ3v) is 6.35. The van der Waals surface area contributed by atoms with Crippen LogP contribution in [0.4, 0.5) is 11.4 Å². The number of nitrogens with zero attached hydrogens (tertiary/aromatic N) is 3. The van der Waals surface area contributed by atoms with Crippen LogP contribution < -0.4 is 19.4 Å². The minimum atomic E-state index is -0.486. The van der Waals surface area contributed by atoms with Gasteiger partial charge in [-0.05, 0) is 60.2 Å². The Morgan fingerprint density at radius 2 is 1.51 bits per heavy atom. The Kier molecular flexibility index (Phi) is 7.10. The lowest BCUT2D eigenvalue weighted by molar-refractivity contribution is -0.111. The van der Waals surface area contributed by atoms with Crippen LogP contribution in [0.1, 0.15) is 24.2 Å². The zero-order valence-corrected chi connectivity index (χ0v) is 21.3. The molecule has 4 aromatic rings. The van der Waals surface area contributed by atoms with Crippen molar-refractivity contribution in [2.24, 2.45) is 5.10 Å². The maximum atomic E-state index is 12.9. The number of carbonyl (C=O) groups is 1. The molecule has 0 bridgehead atoms. The van der Waals surface area contributed by atoms with Crippen molar-refractivity contribution in [3.05, 3.63) is 119 Å². The van der Waals surface area contributed by atoms with Gasteiger partial charge in [0.25, 0.3) is 0 Å². The minimum Gasteiger partial charge on any atom is -0.497 e. The monoisotopic (exact) mass is 511 g/mol. The molecular formula is C30H26ClN3O3. The molecule has 0 saturated heterocycles. The summed E-state index contributed by atoms with van der Waals surface area (Å²) in [5.41, 5.74) is 3.52. The molecule has 0 aliphatic carbocycles. The highest BCUT2D eigenvalue weighted by Gasteiger charge is 2.40. The van der Waals surface area contributed by atoms with Gasteiger partial charge in [0.15, 0.2) is 17.8 Å². The molecule has 0 fully saturated rings.